The van der Waals surface area contributed by atoms with Crippen LogP contribution in [0.4, 0.5) is 0 Å². The highest BCUT2D eigenvalue weighted by atomic mass is 32.2. The molecule has 2 atom stereocenters. The fourth-order valence-corrected chi connectivity index (χ4v) is 3.13. The average Bonchev–Trinajstić information content (AvgIpc) is 2.60. The zero-order chi connectivity index (χ0) is 18.2. The Hall–Kier alpha value is -2.60. The van der Waals surface area contributed by atoms with Crippen molar-refractivity contribution in [1.29, 1.82) is 0 Å². The summed E-state index contributed by atoms with van der Waals surface area (Å²) in [5.41, 5.74) is 1.39. The molecule has 0 aliphatic carbocycles. The molecule has 1 amide bonds. The molecule has 0 bridgehead atoms. The molecule has 0 unspecified atom stereocenters. The molecule has 0 aliphatic rings. The van der Waals surface area contributed by atoms with E-state index in [2.05, 4.69) is 5.32 Å². The maximum atomic E-state index is 12.3. The summed E-state index contributed by atoms with van der Waals surface area (Å²) in [6, 6.07) is 17.0. The van der Waals surface area contributed by atoms with Crippen LogP contribution in [0.15, 0.2) is 60.7 Å². The van der Waals surface area contributed by atoms with Gasteiger partial charge in [-0.3, -0.25) is 14.4 Å². The van der Waals surface area contributed by atoms with Gasteiger partial charge in [0.15, 0.2) is 0 Å². The molecule has 2 N–H and O–H groups in total. The van der Waals surface area contributed by atoms with Crippen molar-refractivity contribution in [1.82, 2.24) is 5.32 Å². The van der Waals surface area contributed by atoms with E-state index in [9.17, 15) is 19.5 Å². The van der Waals surface area contributed by atoms with Crippen molar-refractivity contribution in [3.63, 3.8) is 0 Å². The maximum absolute atomic E-state index is 12.3. The van der Waals surface area contributed by atoms with Crippen LogP contribution in [0.25, 0.3) is 0 Å². The van der Waals surface area contributed by atoms with Crippen molar-refractivity contribution in [3.8, 4) is 0 Å². The fourth-order valence-electron chi connectivity index (χ4n) is 2.24. The molecule has 2 aromatic carbocycles. The van der Waals surface area contributed by atoms with Crippen LogP contribution in [0.5, 0.6) is 0 Å². The molecule has 25 heavy (non-hydrogen) atoms. The summed E-state index contributed by atoms with van der Waals surface area (Å²) in [4.78, 5) is 35.8. The number of carboxylic acids is 1. The summed E-state index contributed by atoms with van der Waals surface area (Å²) < 4.78 is 0. The first kappa shape index (κ1) is 18.7. The molecule has 0 heterocycles. The first-order valence-electron chi connectivity index (χ1n) is 7.79. The summed E-state index contributed by atoms with van der Waals surface area (Å²) in [6.45, 7) is 1.56. The lowest BCUT2D eigenvalue weighted by atomic mass is 10.1. The third-order valence-corrected chi connectivity index (χ3v) is 4.79. The molecule has 0 aromatic heterocycles. The van der Waals surface area contributed by atoms with Gasteiger partial charge in [0.25, 0.3) is 0 Å². The Morgan fingerprint density at radius 3 is 2.12 bits per heavy atom. The zero-order valence-corrected chi connectivity index (χ0v) is 14.5. The van der Waals surface area contributed by atoms with Gasteiger partial charge in [0.1, 0.15) is 5.25 Å². The molecule has 0 radical (unpaired) electrons. The second-order valence-corrected chi connectivity index (χ2v) is 6.63. The van der Waals surface area contributed by atoms with E-state index in [1.54, 1.807) is 37.3 Å². The predicted molar refractivity (Wildman–Crippen MR) is 97.2 cm³/mol. The number of rotatable bonds is 7. The quantitative estimate of drug-likeness (QED) is 0.796. The number of carbonyl (C=O) groups excluding carboxylic acids is 2. The molecule has 0 spiro atoms. The van der Waals surface area contributed by atoms with Crippen LogP contribution in [0.1, 0.15) is 23.3 Å². The lowest BCUT2D eigenvalue weighted by Crippen LogP contribution is -2.38. The molecule has 6 heteroatoms. The minimum Gasteiger partial charge on any atom is -0.480 e. The Bertz CT molecular complexity index is 734. The van der Waals surface area contributed by atoms with E-state index >= 15 is 0 Å². The van der Waals surface area contributed by atoms with E-state index in [0.29, 0.717) is 17.3 Å². The SMILES string of the molecule is C[C@@H](NC(=O)Cc1ccccc1)C(=O)S[C@@H](C(=O)O)c1ccccc1. The van der Waals surface area contributed by atoms with Gasteiger partial charge in [0.05, 0.1) is 12.5 Å². The smallest absolute Gasteiger partial charge is 0.321 e. The topological polar surface area (TPSA) is 83.5 Å². The molecular weight excluding hydrogens is 338 g/mol. The van der Waals surface area contributed by atoms with E-state index in [4.69, 9.17) is 0 Å². The van der Waals surface area contributed by atoms with Gasteiger partial charge in [-0.05, 0) is 18.1 Å². The van der Waals surface area contributed by atoms with Crippen LogP contribution in [0.2, 0.25) is 0 Å². The largest absolute Gasteiger partial charge is 0.480 e. The third kappa shape index (κ3) is 5.76. The number of amides is 1. The number of thioether (sulfide) groups is 1. The van der Waals surface area contributed by atoms with Gasteiger partial charge < -0.3 is 10.4 Å². The number of aliphatic carboxylic acids is 1. The van der Waals surface area contributed by atoms with Crippen LogP contribution in [-0.2, 0) is 20.8 Å². The monoisotopic (exact) mass is 357 g/mol. The Morgan fingerprint density at radius 2 is 1.56 bits per heavy atom. The van der Waals surface area contributed by atoms with E-state index in [1.165, 1.54) is 0 Å². The summed E-state index contributed by atoms with van der Waals surface area (Å²) in [6.07, 6.45) is 0.171. The molecule has 5 nitrogen and oxygen atoms in total. The number of hydrogen-bond acceptors (Lipinski definition) is 4. The van der Waals surface area contributed by atoms with E-state index in [1.807, 2.05) is 30.3 Å². The van der Waals surface area contributed by atoms with Crippen molar-refractivity contribution in [2.24, 2.45) is 0 Å². The molecular formula is C19H19NO4S. The molecule has 0 saturated heterocycles. The minimum absolute atomic E-state index is 0.171. The second-order valence-electron chi connectivity index (χ2n) is 5.52. The van der Waals surface area contributed by atoms with Gasteiger partial charge in [-0.25, -0.2) is 0 Å². The number of nitrogens with one attached hydrogen (secondary N) is 1. The first-order valence-corrected chi connectivity index (χ1v) is 8.67. The van der Waals surface area contributed by atoms with Crippen molar-refractivity contribution in [2.75, 3.05) is 0 Å². The zero-order valence-electron chi connectivity index (χ0n) is 13.7. The Labute approximate surface area is 150 Å². The summed E-state index contributed by atoms with van der Waals surface area (Å²) in [5, 5.41) is 10.6. The van der Waals surface area contributed by atoms with Crippen LogP contribution >= 0.6 is 11.8 Å². The van der Waals surface area contributed by atoms with Gasteiger partial charge in [-0.1, -0.05) is 72.4 Å². The standard InChI is InChI=1S/C19H19NO4S/c1-13(20-16(21)12-14-8-4-2-5-9-14)19(24)25-17(18(22)23)15-10-6-3-7-11-15/h2-11,13,17H,12H2,1H3,(H,20,21)(H,22,23)/t13-,17-/m1/s1. The second kappa shape index (κ2) is 9.03. The highest BCUT2D eigenvalue weighted by molar-refractivity contribution is 8.14. The van der Waals surface area contributed by atoms with Gasteiger partial charge in [-0.2, -0.15) is 0 Å². The van der Waals surface area contributed by atoms with Crippen LogP contribution in [0.3, 0.4) is 0 Å². The van der Waals surface area contributed by atoms with Crippen molar-refractivity contribution < 1.29 is 19.5 Å². The number of carboxylic acid groups (broad SMARTS) is 1. The molecule has 2 rings (SSSR count). The Kier molecular flexibility index (Phi) is 6.77. The Morgan fingerprint density at radius 1 is 1.00 bits per heavy atom. The maximum Gasteiger partial charge on any atom is 0.321 e. The lowest BCUT2D eigenvalue weighted by Gasteiger charge is -2.16. The Balaban J connectivity index is 1.94. The van der Waals surface area contributed by atoms with Crippen molar-refractivity contribution in [2.45, 2.75) is 24.6 Å². The van der Waals surface area contributed by atoms with Gasteiger partial charge in [0.2, 0.25) is 11.0 Å². The molecule has 0 fully saturated rings. The first-order chi connectivity index (χ1) is 12.0. The minimum atomic E-state index is -1.09. The number of hydrogen-bond donors (Lipinski definition) is 2. The van der Waals surface area contributed by atoms with E-state index in [0.717, 1.165) is 5.56 Å². The van der Waals surface area contributed by atoms with Gasteiger partial charge in [0, 0.05) is 0 Å². The summed E-state index contributed by atoms with van der Waals surface area (Å²) in [5.74, 6) is -1.37. The molecule has 0 aliphatic heterocycles. The third-order valence-electron chi connectivity index (χ3n) is 3.50. The fraction of sp³-hybridized carbons (Fsp3) is 0.211. The van der Waals surface area contributed by atoms with E-state index in [-0.39, 0.29) is 12.3 Å². The van der Waals surface area contributed by atoms with Crippen LogP contribution in [-0.4, -0.2) is 28.1 Å². The number of carbonyl (C=O) groups is 3. The molecule has 2 aromatic rings. The van der Waals surface area contributed by atoms with Crippen molar-refractivity contribution >= 4 is 28.8 Å². The van der Waals surface area contributed by atoms with E-state index < -0.39 is 22.4 Å². The van der Waals surface area contributed by atoms with Crippen molar-refractivity contribution in [3.05, 3.63) is 71.8 Å². The molecule has 0 saturated carbocycles. The van der Waals surface area contributed by atoms with Gasteiger partial charge >= 0.3 is 5.97 Å². The normalized spacial score (nSPS) is 12.8. The lowest BCUT2D eigenvalue weighted by molar-refractivity contribution is -0.136. The highest BCUT2D eigenvalue weighted by Crippen LogP contribution is 2.30. The van der Waals surface area contributed by atoms with Crippen LogP contribution in [0, 0.1) is 0 Å². The molecule has 130 valence electrons. The highest BCUT2D eigenvalue weighted by Gasteiger charge is 2.27. The van der Waals surface area contributed by atoms with Gasteiger partial charge in [-0.15, -0.1) is 0 Å². The number of benzene rings is 2. The average molecular weight is 357 g/mol. The summed E-state index contributed by atoms with van der Waals surface area (Å²) in [7, 11) is 0. The van der Waals surface area contributed by atoms with Crippen LogP contribution < -0.4 is 5.32 Å². The predicted octanol–water partition coefficient (Wildman–Crippen LogP) is 2.82. The summed E-state index contributed by atoms with van der Waals surface area (Å²) >= 11 is 0.709.